The molecule has 7 N–H and O–H groups in total. The number of benzene rings is 2. The van der Waals surface area contributed by atoms with Gasteiger partial charge in [0.1, 0.15) is 22.8 Å². The molecule has 3 aliphatic rings. The number of amides is 2. The van der Waals surface area contributed by atoms with E-state index in [1.165, 1.54) is 4.90 Å². The first-order chi connectivity index (χ1) is 21.7. The van der Waals surface area contributed by atoms with Gasteiger partial charge in [-0.05, 0) is 50.0 Å². The lowest BCUT2D eigenvalue weighted by Gasteiger charge is -2.50. The summed E-state index contributed by atoms with van der Waals surface area (Å²) in [5.74, 6) is -7.22. The molecule has 0 heterocycles. The van der Waals surface area contributed by atoms with E-state index >= 15 is 0 Å². The molecule has 0 aromatic heterocycles. The number of aliphatic hydroxyl groups is 3. The minimum absolute atomic E-state index is 0.0163. The minimum Gasteiger partial charge on any atom is -0.508 e. The van der Waals surface area contributed by atoms with Crippen molar-refractivity contribution in [1.29, 1.82) is 0 Å². The van der Waals surface area contributed by atoms with E-state index in [-0.39, 0.29) is 42.7 Å². The average molecular weight is 635 g/mol. The number of phenolic OH excluding ortho intramolecular Hbond substituents is 1. The van der Waals surface area contributed by atoms with Crippen LogP contribution in [0.1, 0.15) is 28.7 Å². The van der Waals surface area contributed by atoms with Crippen molar-refractivity contribution in [3.05, 3.63) is 75.6 Å². The smallest absolute Gasteiger partial charge is 0.407 e. The summed E-state index contributed by atoms with van der Waals surface area (Å²) >= 11 is 0. The number of ketones is 2. The number of nitrogens with zero attached hydrogens (tertiary/aromatic N) is 2. The van der Waals surface area contributed by atoms with Crippen LogP contribution in [0.15, 0.2) is 53.3 Å². The second-order valence-electron chi connectivity index (χ2n) is 12.3. The Bertz CT molecular complexity index is 1680. The number of hydrogen-bond acceptors (Lipinski definition) is 11. The molecule has 46 heavy (non-hydrogen) atoms. The molecule has 13 nitrogen and oxygen atoms in total. The van der Waals surface area contributed by atoms with Gasteiger partial charge < -0.3 is 41.1 Å². The van der Waals surface area contributed by atoms with E-state index in [2.05, 4.69) is 5.32 Å². The van der Waals surface area contributed by atoms with Gasteiger partial charge >= 0.3 is 6.09 Å². The molecule has 4 atom stereocenters. The molecule has 3 aliphatic carbocycles. The number of carbonyl (C=O) groups excluding carboxylic acids is 4. The van der Waals surface area contributed by atoms with Crippen molar-refractivity contribution in [2.24, 2.45) is 17.6 Å². The Hall–Kier alpha value is -4.88. The summed E-state index contributed by atoms with van der Waals surface area (Å²) in [6.45, 7) is -0.0391. The van der Waals surface area contributed by atoms with Crippen molar-refractivity contribution >= 4 is 35.0 Å². The van der Waals surface area contributed by atoms with Crippen LogP contribution in [0.2, 0.25) is 0 Å². The zero-order valence-corrected chi connectivity index (χ0v) is 26.0. The zero-order chi connectivity index (χ0) is 33.7. The number of aliphatic hydroxyl groups excluding tert-OH is 2. The number of nitrogens with one attached hydrogen (secondary N) is 1. The number of alkyl carbamates (subject to hydrolysis) is 1. The van der Waals surface area contributed by atoms with Crippen LogP contribution in [-0.4, -0.2) is 95.3 Å². The maximum atomic E-state index is 14.1. The van der Waals surface area contributed by atoms with Crippen molar-refractivity contribution in [3.8, 4) is 5.75 Å². The van der Waals surface area contributed by atoms with Gasteiger partial charge in [-0.15, -0.1) is 0 Å². The fraction of sp³-hybridized carbons (Fsp3) is 0.394. The first-order valence-corrected chi connectivity index (χ1v) is 14.8. The van der Waals surface area contributed by atoms with Gasteiger partial charge in [0.15, 0.2) is 11.4 Å². The number of anilines is 1. The van der Waals surface area contributed by atoms with Gasteiger partial charge in [0.25, 0.3) is 5.91 Å². The standard InChI is InChI=1S/C33H38N4O9/c1-36(2)21-14-18(15-35-32(44)46-11-10-16-8-6-5-7-9-16)26(38)23-19(21)12-17-13-20-25(37(3)4)28(40)24(31(34)43)30(42)33(20,45)29(41)22(17)27(23)39/h5-9,14,17,20,25,38-39,42,45H,10-13,15H2,1-4H3,(H2,34,43)(H,35,44)/t17-,20-,25?,33-/m0/s1. The second-order valence-corrected chi connectivity index (χ2v) is 12.3. The summed E-state index contributed by atoms with van der Waals surface area (Å²) < 4.78 is 5.27. The number of hydrogen-bond donors (Lipinski definition) is 6. The van der Waals surface area contributed by atoms with Crippen LogP contribution in [-0.2, 0) is 38.5 Å². The molecular weight excluding hydrogens is 596 g/mol. The van der Waals surface area contributed by atoms with Crippen molar-refractivity contribution in [1.82, 2.24) is 10.2 Å². The molecule has 2 aromatic rings. The summed E-state index contributed by atoms with van der Waals surface area (Å²) in [7, 11) is 6.62. The predicted molar refractivity (Wildman–Crippen MR) is 167 cm³/mol. The van der Waals surface area contributed by atoms with Crippen LogP contribution in [0.4, 0.5) is 10.5 Å². The summed E-state index contributed by atoms with van der Waals surface area (Å²) in [5, 5.41) is 48.5. The third-order valence-electron chi connectivity index (χ3n) is 9.15. The third-order valence-corrected chi connectivity index (χ3v) is 9.15. The molecule has 1 fully saturated rings. The van der Waals surface area contributed by atoms with Crippen LogP contribution in [0, 0.1) is 11.8 Å². The topological polar surface area (TPSA) is 203 Å². The van der Waals surface area contributed by atoms with Gasteiger partial charge in [-0.25, -0.2) is 4.79 Å². The molecule has 0 aliphatic heterocycles. The molecule has 2 amide bonds. The molecule has 0 bridgehead atoms. The van der Waals surface area contributed by atoms with Crippen LogP contribution >= 0.6 is 0 Å². The molecule has 0 spiro atoms. The molecule has 2 aromatic carbocycles. The van der Waals surface area contributed by atoms with Gasteiger partial charge in [0.2, 0.25) is 5.78 Å². The average Bonchev–Trinajstić information content (AvgIpc) is 2.98. The van der Waals surface area contributed by atoms with Gasteiger partial charge in [-0.2, -0.15) is 0 Å². The number of ether oxygens (including phenoxy) is 1. The molecule has 0 saturated heterocycles. The molecule has 0 radical (unpaired) electrons. The number of carbonyl (C=O) groups is 4. The van der Waals surface area contributed by atoms with E-state index < -0.39 is 69.9 Å². The Morgan fingerprint density at radius 3 is 2.37 bits per heavy atom. The van der Waals surface area contributed by atoms with Crippen molar-refractivity contribution < 1.29 is 44.3 Å². The number of aromatic hydroxyl groups is 1. The van der Waals surface area contributed by atoms with Gasteiger partial charge in [-0.1, -0.05) is 30.3 Å². The normalized spacial score (nSPS) is 23.9. The number of rotatable bonds is 8. The van der Waals surface area contributed by atoms with E-state index in [9.17, 15) is 39.6 Å². The van der Waals surface area contributed by atoms with Gasteiger partial charge in [0.05, 0.1) is 18.2 Å². The summed E-state index contributed by atoms with van der Waals surface area (Å²) in [4.78, 5) is 55.3. The van der Waals surface area contributed by atoms with Gasteiger partial charge in [0, 0.05) is 49.8 Å². The Balaban J connectivity index is 1.50. The predicted octanol–water partition coefficient (Wildman–Crippen LogP) is 1.50. The lowest BCUT2D eigenvalue weighted by molar-refractivity contribution is -0.153. The molecule has 1 unspecified atom stereocenters. The second kappa shape index (κ2) is 12.1. The highest BCUT2D eigenvalue weighted by Crippen LogP contribution is 2.54. The number of fused-ring (bicyclic) bond motifs is 3. The highest BCUT2D eigenvalue weighted by atomic mass is 16.5. The van der Waals surface area contributed by atoms with Crippen LogP contribution in [0.5, 0.6) is 5.75 Å². The summed E-state index contributed by atoms with van der Waals surface area (Å²) in [6, 6.07) is 9.99. The lowest BCUT2D eigenvalue weighted by atomic mass is 9.57. The molecule has 1 saturated carbocycles. The van der Waals surface area contributed by atoms with E-state index in [0.29, 0.717) is 17.7 Å². The first kappa shape index (κ1) is 32.5. The fourth-order valence-corrected chi connectivity index (χ4v) is 7.00. The Morgan fingerprint density at radius 2 is 1.76 bits per heavy atom. The maximum absolute atomic E-state index is 14.1. The number of phenols is 1. The van der Waals surface area contributed by atoms with Crippen LogP contribution in [0.3, 0.4) is 0 Å². The third kappa shape index (κ3) is 5.24. The fourth-order valence-electron chi connectivity index (χ4n) is 7.00. The zero-order valence-electron chi connectivity index (χ0n) is 26.0. The number of Topliss-reactive ketones (excluding diaryl/α,β-unsaturated/α-hetero) is 2. The number of nitrogens with two attached hydrogens (primary N) is 1. The van der Waals surface area contributed by atoms with E-state index in [0.717, 1.165) is 5.56 Å². The maximum Gasteiger partial charge on any atom is 0.407 e. The van der Waals surface area contributed by atoms with Crippen molar-refractivity contribution in [2.45, 2.75) is 37.5 Å². The Labute approximate surface area is 265 Å². The largest absolute Gasteiger partial charge is 0.508 e. The quantitative estimate of drug-likeness (QED) is 0.230. The van der Waals surface area contributed by atoms with Gasteiger partial charge in [-0.3, -0.25) is 19.3 Å². The van der Waals surface area contributed by atoms with E-state index in [1.54, 1.807) is 39.2 Å². The number of primary amides is 1. The minimum atomic E-state index is -2.73. The van der Waals surface area contributed by atoms with Crippen LogP contribution < -0.4 is 16.0 Å². The molecule has 244 valence electrons. The molecule has 5 rings (SSSR count). The van der Waals surface area contributed by atoms with Crippen molar-refractivity contribution in [3.63, 3.8) is 0 Å². The van der Waals surface area contributed by atoms with E-state index in [1.807, 2.05) is 30.3 Å². The lowest BCUT2D eigenvalue weighted by Crippen LogP contribution is -2.65. The molecular formula is C33H38N4O9. The van der Waals surface area contributed by atoms with Crippen LogP contribution in [0.25, 0.3) is 5.76 Å². The Morgan fingerprint density at radius 1 is 1.09 bits per heavy atom. The molecule has 13 heteroatoms. The summed E-state index contributed by atoms with van der Waals surface area (Å²) in [6.07, 6.45) is -0.0718. The van der Waals surface area contributed by atoms with Crippen molar-refractivity contribution in [2.75, 3.05) is 39.7 Å². The SMILES string of the molecule is CN(C)c1cc(CNC(=O)OCCc2ccccc2)c(O)c2c1C[C@H]1C[C@H]3C(N(C)C)C(=O)C(C(N)=O)=C(O)[C@@]3(O)C(=O)C1=C2O. The van der Waals surface area contributed by atoms with E-state index in [4.69, 9.17) is 10.5 Å². The highest BCUT2D eigenvalue weighted by Gasteiger charge is 2.64. The number of likely N-dealkylation sites (N-methyl/N-ethyl adjacent to an activating group) is 1. The highest BCUT2D eigenvalue weighted by molar-refractivity contribution is 6.24. The first-order valence-electron chi connectivity index (χ1n) is 14.8. The monoisotopic (exact) mass is 634 g/mol. The summed E-state index contributed by atoms with van der Waals surface area (Å²) in [5.41, 5.74) is 3.82. The Kier molecular flexibility index (Phi) is 8.58.